The van der Waals surface area contributed by atoms with Crippen molar-refractivity contribution in [1.29, 1.82) is 0 Å². The number of carbonyl (C=O) groups excluding carboxylic acids is 2. The lowest BCUT2D eigenvalue weighted by Crippen LogP contribution is -2.41. The molecular weight excluding hydrogens is 426 g/mol. The normalized spacial score (nSPS) is 20.2. The summed E-state index contributed by atoms with van der Waals surface area (Å²) in [4.78, 5) is 26.6. The molecule has 8 heteroatoms. The van der Waals surface area contributed by atoms with Crippen LogP contribution < -0.4 is 14.8 Å². The van der Waals surface area contributed by atoms with Crippen molar-refractivity contribution in [1.82, 2.24) is 10.2 Å². The molecule has 0 radical (unpaired) electrons. The highest BCUT2D eigenvalue weighted by Crippen LogP contribution is 2.35. The number of hydrogen-bond donors (Lipinski definition) is 1. The van der Waals surface area contributed by atoms with Crippen LogP contribution >= 0.6 is 11.9 Å². The van der Waals surface area contributed by atoms with Gasteiger partial charge in [0, 0.05) is 31.0 Å². The zero-order valence-corrected chi connectivity index (χ0v) is 19.1. The number of ether oxygens (including phenoxy) is 2. The minimum atomic E-state index is -0.150. The van der Waals surface area contributed by atoms with Gasteiger partial charge in [0.25, 0.3) is 0 Å². The SMILES string of the molecule is COc1ccc([C@H]2CC(=O)N(CC(=O)NC3CC(C)=NS3)C2)cc1OCc1ccccc1. The van der Waals surface area contributed by atoms with Crippen molar-refractivity contribution >= 4 is 29.5 Å². The van der Waals surface area contributed by atoms with E-state index in [0.717, 1.165) is 23.3 Å². The summed E-state index contributed by atoms with van der Waals surface area (Å²) >= 11 is 1.37. The van der Waals surface area contributed by atoms with Gasteiger partial charge in [-0.3, -0.25) is 9.59 Å². The second kappa shape index (κ2) is 10.1. The molecule has 1 fully saturated rings. The molecule has 0 spiro atoms. The Morgan fingerprint density at radius 2 is 2.00 bits per heavy atom. The molecule has 2 amide bonds. The third-order valence-corrected chi connectivity index (χ3v) is 6.54. The third-order valence-electron chi connectivity index (χ3n) is 5.58. The Hall–Kier alpha value is -3.00. The lowest BCUT2D eigenvalue weighted by molar-refractivity contribution is -0.133. The maximum absolute atomic E-state index is 12.6. The molecule has 4 rings (SSSR count). The minimum Gasteiger partial charge on any atom is -0.493 e. The summed E-state index contributed by atoms with van der Waals surface area (Å²) in [5, 5.41) is 2.91. The molecule has 2 heterocycles. The number of nitrogens with zero attached hydrogens (tertiary/aromatic N) is 2. The minimum absolute atomic E-state index is 0.00622. The van der Waals surface area contributed by atoms with Gasteiger partial charge in [-0.15, -0.1) is 0 Å². The van der Waals surface area contributed by atoms with Crippen molar-refractivity contribution in [3.8, 4) is 11.5 Å². The average molecular weight is 454 g/mol. The van der Waals surface area contributed by atoms with Crippen LogP contribution in [0.1, 0.15) is 36.8 Å². The molecular formula is C24H27N3O4S. The van der Waals surface area contributed by atoms with Gasteiger partial charge in [-0.25, -0.2) is 4.40 Å². The van der Waals surface area contributed by atoms with Crippen LogP contribution in [0, 0.1) is 0 Å². The predicted octanol–water partition coefficient (Wildman–Crippen LogP) is 3.55. The summed E-state index contributed by atoms with van der Waals surface area (Å²) in [6.07, 6.45) is 1.11. The van der Waals surface area contributed by atoms with Gasteiger partial charge in [0.05, 0.1) is 13.7 Å². The number of rotatable bonds is 8. The number of nitrogens with one attached hydrogen (secondary N) is 1. The van der Waals surface area contributed by atoms with E-state index in [1.807, 2.05) is 55.5 Å². The van der Waals surface area contributed by atoms with Crippen molar-refractivity contribution < 1.29 is 19.1 Å². The number of hydrogen-bond acceptors (Lipinski definition) is 6. The summed E-state index contributed by atoms with van der Waals surface area (Å²) in [5.74, 6) is 1.14. The van der Waals surface area contributed by atoms with Gasteiger partial charge in [0.2, 0.25) is 11.8 Å². The fourth-order valence-corrected chi connectivity index (χ4v) is 4.80. The topological polar surface area (TPSA) is 80.2 Å². The van der Waals surface area contributed by atoms with Crippen LogP contribution in [0.5, 0.6) is 11.5 Å². The molecule has 2 aromatic carbocycles. The largest absolute Gasteiger partial charge is 0.493 e. The average Bonchev–Trinajstić information content (AvgIpc) is 3.37. The lowest BCUT2D eigenvalue weighted by Gasteiger charge is -2.18. The Labute approximate surface area is 192 Å². The zero-order chi connectivity index (χ0) is 22.5. The summed E-state index contributed by atoms with van der Waals surface area (Å²) < 4.78 is 15.7. The molecule has 32 heavy (non-hydrogen) atoms. The summed E-state index contributed by atoms with van der Waals surface area (Å²) in [5.41, 5.74) is 3.08. The van der Waals surface area contributed by atoms with Gasteiger partial charge in [-0.1, -0.05) is 36.4 Å². The first kappa shape index (κ1) is 22.2. The van der Waals surface area contributed by atoms with E-state index >= 15 is 0 Å². The van der Waals surface area contributed by atoms with Gasteiger partial charge in [0.15, 0.2) is 11.5 Å². The van der Waals surface area contributed by atoms with E-state index in [9.17, 15) is 9.59 Å². The van der Waals surface area contributed by atoms with Crippen LogP contribution in [-0.2, 0) is 16.2 Å². The smallest absolute Gasteiger partial charge is 0.240 e. The highest BCUT2D eigenvalue weighted by atomic mass is 32.2. The molecule has 7 nitrogen and oxygen atoms in total. The van der Waals surface area contributed by atoms with Crippen LogP contribution in [0.3, 0.4) is 0 Å². The Kier molecular flexibility index (Phi) is 6.99. The molecule has 0 aliphatic carbocycles. The molecule has 0 aromatic heterocycles. The zero-order valence-electron chi connectivity index (χ0n) is 18.2. The maximum atomic E-state index is 12.6. The Balaban J connectivity index is 1.37. The van der Waals surface area contributed by atoms with Gasteiger partial charge in [-0.2, -0.15) is 0 Å². The van der Waals surface area contributed by atoms with Crippen molar-refractivity contribution in [3.63, 3.8) is 0 Å². The van der Waals surface area contributed by atoms with E-state index in [1.54, 1.807) is 12.0 Å². The van der Waals surface area contributed by atoms with Crippen LogP contribution in [0.15, 0.2) is 52.9 Å². The standard InChI is InChI=1S/C24H27N3O4S/c1-16-10-23(32-26-16)25-22(28)14-27-13-19(12-24(27)29)18-8-9-20(30-2)21(11-18)31-15-17-6-4-3-5-7-17/h3-9,11,19,23H,10,12-15H2,1-2H3,(H,25,28)/t19-,23?/m0/s1. The molecule has 0 saturated carbocycles. The molecule has 2 aliphatic heterocycles. The number of carbonyl (C=O) groups is 2. The summed E-state index contributed by atoms with van der Waals surface area (Å²) in [6, 6.07) is 15.7. The van der Waals surface area contributed by atoms with Crippen LogP contribution in [0.2, 0.25) is 0 Å². The molecule has 1 unspecified atom stereocenters. The second-order valence-corrected chi connectivity index (χ2v) is 9.01. The van der Waals surface area contributed by atoms with E-state index in [4.69, 9.17) is 9.47 Å². The number of likely N-dealkylation sites (tertiary alicyclic amines) is 1. The Bertz CT molecular complexity index is 1010. The molecule has 168 valence electrons. The third kappa shape index (κ3) is 5.43. The van der Waals surface area contributed by atoms with Crippen molar-refractivity contribution in [2.24, 2.45) is 4.40 Å². The maximum Gasteiger partial charge on any atom is 0.240 e. The second-order valence-electron chi connectivity index (χ2n) is 8.05. The molecule has 1 N–H and O–H groups in total. The first-order valence-corrected chi connectivity index (χ1v) is 11.5. The fraction of sp³-hybridized carbons (Fsp3) is 0.375. The number of amides is 2. The monoisotopic (exact) mass is 453 g/mol. The van der Waals surface area contributed by atoms with Crippen molar-refractivity contribution in [2.75, 3.05) is 20.2 Å². The highest BCUT2D eigenvalue weighted by Gasteiger charge is 2.33. The van der Waals surface area contributed by atoms with Crippen LogP contribution in [-0.4, -0.2) is 48.0 Å². The van der Waals surface area contributed by atoms with Gasteiger partial charge < -0.3 is 19.7 Å². The summed E-state index contributed by atoms with van der Waals surface area (Å²) in [6.45, 7) is 2.95. The fourth-order valence-electron chi connectivity index (χ4n) is 3.92. The van der Waals surface area contributed by atoms with Crippen LogP contribution in [0.4, 0.5) is 0 Å². The highest BCUT2D eigenvalue weighted by molar-refractivity contribution is 7.99. The molecule has 2 atom stereocenters. The summed E-state index contributed by atoms with van der Waals surface area (Å²) in [7, 11) is 1.61. The van der Waals surface area contributed by atoms with E-state index in [2.05, 4.69) is 9.71 Å². The molecule has 0 bridgehead atoms. The van der Waals surface area contributed by atoms with E-state index in [1.165, 1.54) is 11.9 Å². The molecule has 1 saturated heterocycles. The first-order chi connectivity index (χ1) is 15.5. The number of benzene rings is 2. The van der Waals surface area contributed by atoms with Crippen LogP contribution in [0.25, 0.3) is 0 Å². The number of methoxy groups -OCH3 is 1. The lowest BCUT2D eigenvalue weighted by atomic mass is 9.98. The Morgan fingerprint density at radius 1 is 1.19 bits per heavy atom. The van der Waals surface area contributed by atoms with E-state index < -0.39 is 0 Å². The van der Waals surface area contributed by atoms with Gasteiger partial charge in [0.1, 0.15) is 12.0 Å². The van der Waals surface area contributed by atoms with Crippen molar-refractivity contribution in [2.45, 2.75) is 37.7 Å². The van der Waals surface area contributed by atoms with Gasteiger partial charge in [-0.05, 0) is 42.1 Å². The van der Waals surface area contributed by atoms with E-state index in [0.29, 0.717) is 31.1 Å². The van der Waals surface area contributed by atoms with Crippen molar-refractivity contribution in [3.05, 3.63) is 59.7 Å². The molecule has 2 aliphatic rings. The Morgan fingerprint density at radius 3 is 2.72 bits per heavy atom. The quantitative estimate of drug-likeness (QED) is 0.619. The predicted molar refractivity (Wildman–Crippen MR) is 125 cm³/mol. The molecule has 2 aromatic rings. The van der Waals surface area contributed by atoms with E-state index in [-0.39, 0.29) is 29.7 Å². The first-order valence-electron chi connectivity index (χ1n) is 10.6. The van der Waals surface area contributed by atoms with Gasteiger partial charge >= 0.3 is 0 Å².